The number of aliphatic hydroxyl groups excluding tert-OH is 4. The summed E-state index contributed by atoms with van der Waals surface area (Å²) in [4.78, 5) is 21.4. The molecule has 1 aliphatic rings. The van der Waals surface area contributed by atoms with Gasteiger partial charge in [-0.05, 0) is 6.07 Å². The summed E-state index contributed by atoms with van der Waals surface area (Å²) in [5.41, 5.74) is 4.41. The lowest BCUT2D eigenvalue weighted by Gasteiger charge is -2.39. The number of rotatable bonds is 5. The Balaban J connectivity index is 2.29. The highest BCUT2D eigenvalue weighted by molar-refractivity contribution is 5.93. The van der Waals surface area contributed by atoms with Gasteiger partial charge in [-0.15, -0.1) is 0 Å². The fraction of sp³-hybridized carbons (Fsp3) is 0.462. The van der Waals surface area contributed by atoms with Crippen LogP contribution in [0.15, 0.2) is 18.2 Å². The Hall–Kier alpha value is -2.31. The predicted octanol–water partition coefficient (Wildman–Crippen LogP) is -2.13. The van der Waals surface area contributed by atoms with Crippen molar-refractivity contribution in [1.82, 2.24) is 0 Å². The van der Waals surface area contributed by atoms with Gasteiger partial charge in [0.05, 0.1) is 17.6 Å². The SMILES string of the molecule is NC(=O)c1cc(O[C@H]2O[C@H](CO)[C@H](O)[C@H](O)[C@H]2O)cc([N+](=O)[O-])c1. The summed E-state index contributed by atoms with van der Waals surface area (Å²) in [5.74, 6) is -1.15. The number of primary amides is 1. The zero-order valence-electron chi connectivity index (χ0n) is 12.2. The third-order valence-corrected chi connectivity index (χ3v) is 3.49. The van der Waals surface area contributed by atoms with E-state index in [9.17, 15) is 30.2 Å². The minimum Gasteiger partial charge on any atom is -0.462 e. The van der Waals surface area contributed by atoms with Crippen LogP contribution in [-0.4, -0.2) is 68.6 Å². The molecule has 0 radical (unpaired) electrons. The molecule has 11 heteroatoms. The molecule has 0 bridgehead atoms. The molecule has 11 nitrogen and oxygen atoms in total. The number of carbonyl (C=O) groups is 1. The van der Waals surface area contributed by atoms with Gasteiger partial charge < -0.3 is 35.6 Å². The highest BCUT2D eigenvalue weighted by Gasteiger charge is 2.44. The van der Waals surface area contributed by atoms with Gasteiger partial charge in [0.25, 0.3) is 5.69 Å². The van der Waals surface area contributed by atoms with Crippen LogP contribution in [0.5, 0.6) is 5.75 Å². The predicted molar refractivity (Wildman–Crippen MR) is 76.0 cm³/mol. The molecule has 24 heavy (non-hydrogen) atoms. The minimum absolute atomic E-state index is 0.205. The molecule has 0 aliphatic carbocycles. The zero-order chi connectivity index (χ0) is 18.0. The molecule has 1 aromatic carbocycles. The van der Waals surface area contributed by atoms with Gasteiger partial charge >= 0.3 is 0 Å². The van der Waals surface area contributed by atoms with E-state index in [4.69, 9.17) is 20.3 Å². The van der Waals surface area contributed by atoms with Gasteiger partial charge in [0.2, 0.25) is 12.2 Å². The second kappa shape index (κ2) is 7.07. The Bertz CT molecular complexity index is 604. The van der Waals surface area contributed by atoms with Gasteiger partial charge in [0, 0.05) is 11.6 Å². The largest absolute Gasteiger partial charge is 0.462 e. The lowest BCUT2D eigenvalue weighted by Crippen LogP contribution is -2.60. The summed E-state index contributed by atoms with van der Waals surface area (Å²) in [6.07, 6.45) is -7.68. The smallest absolute Gasteiger partial charge is 0.273 e. The van der Waals surface area contributed by atoms with E-state index >= 15 is 0 Å². The molecule has 2 rings (SSSR count). The normalized spacial score (nSPS) is 29.9. The van der Waals surface area contributed by atoms with E-state index in [-0.39, 0.29) is 11.3 Å². The number of hydrogen-bond acceptors (Lipinski definition) is 9. The molecule has 1 fully saturated rings. The van der Waals surface area contributed by atoms with E-state index in [0.717, 1.165) is 18.2 Å². The van der Waals surface area contributed by atoms with Crippen LogP contribution < -0.4 is 10.5 Å². The third-order valence-electron chi connectivity index (χ3n) is 3.49. The molecule has 0 saturated carbocycles. The molecule has 1 aliphatic heterocycles. The highest BCUT2D eigenvalue weighted by atomic mass is 16.7. The Morgan fingerprint density at radius 2 is 1.92 bits per heavy atom. The molecule has 0 spiro atoms. The van der Waals surface area contributed by atoms with Crippen molar-refractivity contribution in [2.45, 2.75) is 30.7 Å². The molecule has 5 atom stereocenters. The van der Waals surface area contributed by atoms with Gasteiger partial charge in [0.15, 0.2) is 0 Å². The molecular weight excluding hydrogens is 328 g/mol. The number of amides is 1. The summed E-state index contributed by atoms with van der Waals surface area (Å²) in [6, 6.07) is 3.01. The maximum atomic E-state index is 11.2. The quantitative estimate of drug-likeness (QED) is 0.294. The Kier molecular flexibility index (Phi) is 5.31. The molecule has 1 saturated heterocycles. The van der Waals surface area contributed by atoms with Gasteiger partial charge in [0.1, 0.15) is 30.2 Å². The third kappa shape index (κ3) is 3.60. The topological polar surface area (TPSA) is 186 Å². The van der Waals surface area contributed by atoms with E-state index in [1.807, 2.05) is 0 Å². The number of ether oxygens (including phenoxy) is 2. The summed E-state index contributed by atoms with van der Waals surface area (Å²) in [5, 5.41) is 49.2. The van der Waals surface area contributed by atoms with Crippen molar-refractivity contribution in [3.05, 3.63) is 33.9 Å². The van der Waals surface area contributed by atoms with Crippen molar-refractivity contribution in [3.63, 3.8) is 0 Å². The summed E-state index contributed by atoms with van der Waals surface area (Å²) in [7, 11) is 0. The lowest BCUT2D eigenvalue weighted by atomic mass is 9.99. The Morgan fingerprint density at radius 3 is 2.46 bits per heavy atom. The first-order chi connectivity index (χ1) is 11.2. The first kappa shape index (κ1) is 18.0. The van der Waals surface area contributed by atoms with Crippen molar-refractivity contribution in [2.24, 2.45) is 5.73 Å². The number of nitro groups is 1. The van der Waals surface area contributed by atoms with Crippen molar-refractivity contribution in [2.75, 3.05) is 6.61 Å². The number of benzene rings is 1. The standard InChI is InChI=1S/C13H16N2O9/c14-12(20)5-1-6(15(21)22)3-7(2-5)23-13-11(19)10(18)9(17)8(4-16)24-13/h1-3,8-11,13,16-19H,4H2,(H2,14,20)/t8-,9+,10+,11-,13+/m1/s1. The average Bonchev–Trinajstić information content (AvgIpc) is 2.55. The van der Waals surface area contributed by atoms with Crippen LogP contribution in [0.1, 0.15) is 10.4 Å². The Labute approximate surface area is 135 Å². The number of aliphatic hydroxyl groups is 4. The molecule has 0 aromatic heterocycles. The van der Waals surface area contributed by atoms with Crippen molar-refractivity contribution >= 4 is 11.6 Å². The van der Waals surface area contributed by atoms with E-state index < -0.39 is 53.8 Å². The first-order valence-corrected chi connectivity index (χ1v) is 6.81. The summed E-state index contributed by atoms with van der Waals surface area (Å²) < 4.78 is 10.4. The fourth-order valence-corrected chi connectivity index (χ4v) is 2.20. The maximum Gasteiger partial charge on any atom is 0.273 e. The van der Waals surface area contributed by atoms with Gasteiger partial charge in [-0.25, -0.2) is 0 Å². The molecule has 132 valence electrons. The van der Waals surface area contributed by atoms with Crippen molar-refractivity contribution < 1.29 is 39.6 Å². The molecule has 1 heterocycles. The molecule has 1 amide bonds. The van der Waals surface area contributed by atoms with E-state index in [1.54, 1.807) is 0 Å². The zero-order valence-corrected chi connectivity index (χ0v) is 12.2. The van der Waals surface area contributed by atoms with Gasteiger partial charge in [-0.2, -0.15) is 0 Å². The molecule has 0 unspecified atom stereocenters. The van der Waals surface area contributed by atoms with Crippen LogP contribution in [0.25, 0.3) is 0 Å². The molecule has 6 N–H and O–H groups in total. The average molecular weight is 344 g/mol. The van der Waals surface area contributed by atoms with Crippen LogP contribution in [0.3, 0.4) is 0 Å². The number of non-ortho nitro benzene ring substituents is 1. The monoisotopic (exact) mass is 344 g/mol. The summed E-state index contributed by atoms with van der Waals surface area (Å²) >= 11 is 0. The minimum atomic E-state index is -1.70. The fourth-order valence-electron chi connectivity index (χ4n) is 2.20. The van der Waals surface area contributed by atoms with E-state index in [1.165, 1.54) is 0 Å². The van der Waals surface area contributed by atoms with Gasteiger partial charge in [-0.1, -0.05) is 0 Å². The van der Waals surface area contributed by atoms with Crippen molar-refractivity contribution in [1.29, 1.82) is 0 Å². The van der Waals surface area contributed by atoms with Crippen LogP contribution >= 0.6 is 0 Å². The Morgan fingerprint density at radius 1 is 1.25 bits per heavy atom. The van der Waals surface area contributed by atoms with E-state index in [2.05, 4.69) is 0 Å². The lowest BCUT2D eigenvalue weighted by molar-refractivity contribution is -0.385. The summed E-state index contributed by atoms with van der Waals surface area (Å²) in [6.45, 7) is -0.660. The second-order valence-electron chi connectivity index (χ2n) is 5.15. The van der Waals surface area contributed by atoms with Crippen LogP contribution in [0.2, 0.25) is 0 Å². The number of nitrogens with zero attached hydrogens (tertiary/aromatic N) is 1. The molecule has 1 aromatic rings. The second-order valence-corrected chi connectivity index (χ2v) is 5.15. The van der Waals surface area contributed by atoms with Crippen LogP contribution in [-0.2, 0) is 4.74 Å². The highest BCUT2D eigenvalue weighted by Crippen LogP contribution is 2.27. The van der Waals surface area contributed by atoms with Crippen molar-refractivity contribution in [3.8, 4) is 5.75 Å². The number of nitro benzene ring substituents is 1. The van der Waals surface area contributed by atoms with E-state index in [0.29, 0.717) is 0 Å². The number of carbonyl (C=O) groups excluding carboxylic acids is 1. The molecular formula is C13H16N2O9. The van der Waals surface area contributed by atoms with Crippen LogP contribution in [0.4, 0.5) is 5.69 Å². The van der Waals surface area contributed by atoms with Crippen LogP contribution in [0, 0.1) is 10.1 Å². The maximum absolute atomic E-state index is 11.2. The first-order valence-electron chi connectivity index (χ1n) is 6.81. The van der Waals surface area contributed by atoms with Gasteiger partial charge in [-0.3, -0.25) is 14.9 Å². The number of nitrogens with two attached hydrogens (primary N) is 1. The number of hydrogen-bond donors (Lipinski definition) is 5.